The number of nitrogens with zero attached hydrogens (tertiary/aromatic N) is 6. The van der Waals surface area contributed by atoms with Gasteiger partial charge in [0.05, 0.1) is 16.8 Å². The van der Waals surface area contributed by atoms with E-state index in [-0.39, 0.29) is 68.6 Å². The van der Waals surface area contributed by atoms with Crippen molar-refractivity contribution in [2.45, 2.75) is 96.9 Å². The maximum absolute atomic E-state index is 12.4. The number of hydroxylamine groups is 6. The van der Waals surface area contributed by atoms with Crippen LogP contribution < -0.4 is 16.0 Å². The minimum Gasteiger partial charge on any atom is -0.507 e. The van der Waals surface area contributed by atoms with Crippen molar-refractivity contribution in [2.75, 3.05) is 39.3 Å². The second kappa shape index (κ2) is 27.7. The molecule has 0 aliphatic carbocycles. The third-order valence-electron chi connectivity index (χ3n) is 10.4. The van der Waals surface area contributed by atoms with Crippen LogP contribution >= 0.6 is 0 Å². The number of hydrogen-bond donors (Lipinski definition) is 8. The zero-order valence-electron chi connectivity index (χ0n) is 37.0. The molecule has 19 heteroatoms. The molecule has 0 saturated carbocycles. The highest BCUT2D eigenvalue weighted by Gasteiger charge is 2.20. The second-order valence-electron chi connectivity index (χ2n) is 15.6. The Hall–Kier alpha value is -6.41. The molecule has 8 N–H and O–H groups in total. The smallest absolute Gasteiger partial charge is 0.246 e. The van der Waals surface area contributed by atoms with E-state index in [0.717, 1.165) is 30.6 Å². The molecule has 352 valence electrons. The van der Waals surface area contributed by atoms with Crippen LogP contribution in [0.25, 0.3) is 28.5 Å². The number of phenolic OH excluding ortho intramolecular Hbond substituents is 2. The van der Waals surface area contributed by atoms with Crippen LogP contribution in [-0.4, -0.2) is 125 Å². The van der Waals surface area contributed by atoms with Gasteiger partial charge in [-0.2, -0.15) is 0 Å². The Kier molecular flexibility index (Phi) is 21.8. The van der Waals surface area contributed by atoms with Crippen molar-refractivity contribution in [1.29, 1.82) is 0 Å². The number of aromatic hydroxyl groups is 2. The van der Waals surface area contributed by atoms with Crippen molar-refractivity contribution in [3.8, 4) is 40.0 Å². The summed E-state index contributed by atoms with van der Waals surface area (Å²) in [6, 6.07) is 21.5. The minimum atomic E-state index is -0.564. The molecule has 4 aromatic rings. The van der Waals surface area contributed by atoms with Crippen molar-refractivity contribution in [3.63, 3.8) is 0 Å². The fraction of sp³-hybridized carbons (Fsp3) is 0.457. The summed E-state index contributed by atoms with van der Waals surface area (Å²) in [5.74, 6) is -1.29. The number of benzene rings is 3. The Morgan fingerprint density at radius 1 is 0.569 bits per heavy atom. The number of phenols is 2. The van der Waals surface area contributed by atoms with Gasteiger partial charge in [-0.05, 0) is 99.9 Å². The molecule has 0 bridgehead atoms. The zero-order valence-corrected chi connectivity index (χ0v) is 37.0. The molecule has 5 amide bonds. The van der Waals surface area contributed by atoms with Crippen LogP contribution in [0.3, 0.4) is 0 Å². The Labute approximate surface area is 378 Å². The maximum Gasteiger partial charge on any atom is 0.246 e. The molecule has 3 aromatic carbocycles. The number of amides is 5. The average molecular weight is 902 g/mol. The van der Waals surface area contributed by atoms with Gasteiger partial charge in [0, 0.05) is 71.9 Å². The van der Waals surface area contributed by atoms with Gasteiger partial charge >= 0.3 is 0 Å². The molecule has 0 radical (unpaired) electrons. The van der Waals surface area contributed by atoms with Crippen LogP contribution in [-0.2, 0) is 30.5 Å². The largest absolute Gasteiger partial charge is 0.507 e. The van der Waals surface area contributed by atoms with Crippen LogP contribution in [0.1, 0.15) is 96.0 Å². The highest BCUT2D eigenvalue weighted by molar-refractivity contribution is 5.84. The first-order valence-corrected chi connectivity index (χ1v) is 22.2. The molecule has 0 saturated heterocycles. The summed E-state index contributed by atoms with van der Waals surface area (Å²) in [6.07, 6.45) is 5.47. The molecular formula is C46H63N9O10. The molecule has 65 heavy (non-hydrogen) atoms. The normalized spacial score (nSPS) is 11.0. The molecule has 1 heterocycles. The molecule has 0 unspecified atom stereocenters. The van der Waals surface area contributed by atoms with Crippen LogP contribution in [0.4, 0.5) is 0 Å². The van der Waals surface area contributed by atoms with Gasteiger partial charge in [-0.25, -0.2) is 24.9 Å². The Morgan fingerprint density at radius 2 is 1.05 bits per heavy atom. The van der Waals surface area contributed by atoms with E-state index in [1.165, 1.54) is 6.92 Å². The number of carbonyl (C=O) groups excluding carboxylic acids is 5. The van der Waals surface area contributed by atoms with Crippen molar-refractivity contribution >= 4 is 29.5 Å². The molecule has 4 rings (SSSR count). The SMILES string of the molecule is CC(=O)N(O)CCCCCNC(=O)CCC(=O)N(O)CCCCCNC(=O)CCC(=O)N(O)CCCCCNCc1ccc(-n2nc(-c3ccccc3O)nc2-c2ccccc2O)cc1. The number of carbonyl (C=O) groups is 5. The first-order valence-electron chi connectivity index (χ1n) is 22.2. The summed E-state index contributed by atoms with van der Waals surface area (Å²) in [4.78, 5) is 64.4. The lowest BCUT2D eigenvalue weighted by molar-refractivity contribution is -0.166. The van der Waals surface area contributed by atoms with E-state index < -0.39 is 17.7 Å². The van der Waals surface area contributed by atoms with E-state index in [9.17, 15) is 49.8 Å². The molecule has 0 atom stereocenters. The van der Waals surface area contributed by atoms with Gasteiger partial charge in [0.2, 0.25) is 29.5 Å². The van der Waals surface area contributed by atoms with E-state index in [4.69, 9.17) is 0 Å². The van der Waals surface area contributed by atoms with Crippen LogP contribution in [0.15, 0.2) is 72.8 Å². The lowest BCUT2D eigenvalue weighted by atomic mass is 10.1. The monoisotopic (exact) mass is 901 g/mol. The Bertz CT molecular complexity index is 2130. The van der Waals surface area contributed by atoms with Crippen LogP contribution in [0.2, 0.25) is 0 Å². The first-order chi connectivity index (χ1) is 31.3. The summed E-state index contributed by atoms with van der Waals surface area (Å²) >= 11 is 0. The van der Waals surface area contributed by atoms with Crippen molar-refractivity contribution in [2.24, 2.45) is 0 Å². The van der Waals surface area contributed by atoms with Gasteiger partial charge in [0.1, 0.15) is 11.5 Å². The van der Waals surface area contributed by atoms with E-state index in [1.54, 1.807) is 53.2 Å². The first kappa shape index (κ1) is 51.2. The molecule has 0 fully saturated rings. The second-order valence-corrected chi connectivity index (χ2v) is 15.6. The van der Waals surface area contributed by atoms with Gasteiger partial charge in [-0.3, -0.25) is 39.6 Å². The van der Waals surface area contributed by atoms with Crippen LogP contribution in [0.5, 0.6) is 11.5 Å². The minimum absolute atomic E-state index is 0.0489. The quantitative estimate of drug-likeness (QED) is 0.0201. The van der Waals surface area contributed by atoms with E-state index >= 15 is 0 Å². The van der Waals surface area contributed by atoms with Crippen molar-refractivity contribution in [1.82, 2.24) is 45.9 Å². The number of hydrogen-bond acceptors (Lipinski definition) is 13. The third kappa shape index (κ3) is 17.9. The summed E-state index contributed by atoms with van der Waals surface area (Å²) in [5.41, 5.74) is 2.74. The Balaban J connectivity index is 1.01. The third-order valence-corrected chi connectivity index (χ3v) is 10.4. The summed E-state index contributed by atoms with van der Waals surface area (Å²) in [5, 5.41) is 65.9. The van der Waals surface area contributed by atoms with Gasteiger partial charge in [0.15, 0.2) is 11.6 Å². The van der Waals surface area contributed by atoms with Gasteiger partial charge in [-0.1, -0.05) is 42.8 Å². The number of rotatable bonds is 29. The summed E-state index contributed by atoms with van der Waals surface area (Å²) < 4.78 is 1.64. The van der Waals surface area contributed by atoms with E-state index in [0.29, 0.717) is 103 Å². The maximum atomic E-state index is 12.4. The van der Waals surface area contributed by atoms with Gasteiger partial charge < -0.3 is 26.2 Å². The van der Waals surface area contributed by atoms with E-state index in [2.05, 4.69) is 26.0 Å². The standard InChI is InChI=1S/C46H63N9O10/c1-34(56)52(63)30-12-3-10-28-48-41(59)24-26-44(62)54(65)32-14-4-11-29-49-42(60)23-25-43(61)53(64)31-13-2-9-27-47-33-35-19-21-36(22-20-35)55-46(38-16-6-8-18-40(38)58)50-45(51-55)37-15-5-7-17-39(37)57/h5-8,15-22,47,57-58,63-65H,2-4,9-14,23-33H2,1H3,(H,48,59)(H,49,60). The number of nitrogens with one attached hydrogen (secondary N) is 3. The van der Waals surface area contributed by atoms with Crippen LogP contribution in [0, 0.1) is 0 Å². The van der Waals surface area contributed by atoms with Crippen molar-refractivity contribution < 1.29 is 49.8 Å². The Morgan fingerprint density at radius 3 is 1.55 bits per heavy atom. The lowest BCUT2D eigenvalue weighted by Gasteiger charge is -2.15. The summed E-state index contributed by atoms with van der Waals surface area (Å²) in [6.45, 7) is 3.85. The molecule has 1 aromatic heterocycles. The molecule has 0 aliphatic rings. The highest BCUT2D eigenvalue weighted by atomic mass is 16.5. The summed E-state index contributed by atoms with van der Waals surface area (Å²) in [7, 11) is 0. The topological polar surface area (TPSA) is 263 Å². The fourth-order valence-corrected chi connectivity index (χ4v) is 6.65. The van der Waals surface area contributed by atoms with Gasteiger partial charge in [-0.15, -0.1) is 5.10 Å². The molecular weight excluding hydrogens is 839 g/mol. The molecule has 19 nitrogen and oxygen atoms in total. The lowest BCUT2D eigenvalue weighted by Crippen LogP contribution is -2.31. The number of para-hydroxylation sites is 2. The zero-order chi connectivity index (χ0) is 47.0. The predicted molar refractivity (Wildman–Crippen MR) is 239 cm³/mol. The molecule has 0 spiro atoms. The fourth-order valence-electron chi connectivity index (χ4n) is 6.65. The number of aromatic nitrogens is 3. The highest BCUT2D eigenvalue weighted by Crippen LogP contribution is 2.33. The van der Waals surface area contributed by atoms with Crippen molar-refractivity contribution in [3.05, 3.63) is 78.4 Å². The number of unbranched alkanes of at least 4 members (excludes halogenated alkanes) is 6. The predicted octanol–water partition coefficient (Wildman–Crippen LogP) is 5.08. The van der Waals surface area contributed by atoms with Gasteiger partial charge in [0.25, 0.3) is 0 Å². The average Bonchev–Trinajstić information content (AvgIpc) is 3.74. The molecule has 0 aliphatic heterocycles. The van der Waals surface area contributed by atoms with E-state index in [1.807, 2.05) is 24.3 Å².